The summed E-state index contributed by atoms with van der Waals surface area (Å²) in [6, 6.07) is 17.7. The lowest BCUT2D eigenvalue weighted by molar-refractivity contribution is -0.118. The maximum Gasteiger partial charge on any atom is 0.230 e. The molecule has 0 unspecified atom stereocenters. The maximum atomic E-state index is 11.4. The van der Waals surface area contributed by atoms with E-state index in [2.05, 4.69) is 20.6 Å². The summed E-state index contributed by atoms with van der Waals surface area (Å²) in [5, 5.41) is 7.44. The average Bonchev–Trinajstić information content (AvgIpc) is 2.60. The summed E-state index contributed by atoms with van der Waals surface area (Å²) >= 11 is 1.32. The molecule has 0 spiro atoms. The summed E-state index contributed by atoms with van der Waals surface area (Å²) in [5.41, 5.74) is 1.80. The molecule has 1 aromatic heterocycles. The molecule has 1 heterocycles. The largest absolute Gasteiger partial charge is 0.358 e. The monoisotopic (exact) mass is 324 g/mol. The van der Waals surface area contributed by atoms with Gasteiger partial charge in [-0.3, -0.25) is 4.79 Å². The minimum absolute atomic E-state index is 0.0515. The fourth-order valence-electron chi connectivity index (χ4n) is 2.08. The normalized spacial score (nSPS) is 10.5. The van der Waals surface area contributed by atoms with E-state index < -0.39 is 0 Å². The first-order chi connectivity index (χ1) is 11.3. The Labute approximate surface area is 138 Å². The highest BCUT2D eigenvalue weighted by atomic mass is 32.2. The Hall–Kier alpha value is -2.60. The third kappa shape index (κ3) is 3.78. The summed E-state index contributed by atoms with van der Waals surface area (Å²) < 4.78 is 0. The zero-order chi connectivity index (χ0) is 16.1. The number of amides is 1. The molecular formula is C17H16N4OS. The second kappa shape index (κ2) is 7.11. The lowest BCUT2D eigenvalue weighted by atomic mass is 10.2. The first-order valence-electron chi connectivity index (χ1n) is 7.18. The van der Waals surface area contributed by atoms with Gasteiger partial charge < -0.3 is 10.6 Å². The van der Waals surface area contributed by atoms with Crippen LogP contribution in [0.3, 0.4) is 0 Å². The zero-order valence-corrected chi connectivity index (χ0v) is 13.4. The third-order valence-corrected chi connectivity index (χ3v) is 4.08. The number of nitrogens with one attached hydrogen (secondary N) is 2. The Morgan fingerprint density at radius 3 is 2.57 bits per heavy atom. The van der Waals surface area contributed by atoms with Crippen molar-refractivity contribution in [2.45, 2.75) is 5.16 Å². The van der Waals surface area contributed by atoms with E-state index in [0.717, 1.165) is 22.4 Å². The van der Waals surface area contributed by atoms with Crippen LogP contribution in [-0.4, -0.2) is 28.7 Å². The summed E-state index contributed by atoms with van der Waals surface area (Å²) in [5.74, 6) is 0.977. The molecule has 5 nitrogen and oxygen atoms in total. The standard InChI is InChI=1S/C17H16N4OS/c1-18-15(22)11-23-17-20-14-10-6-5-9-13(14)16(21-17)19-12-7-3-2-4-8-12/h2-10H,11H2,1H3,(H,18,22)(H,19,20,21). The Morgan fingerprint density at radius 1 is 1.04 bits per heavy atom. The van der Waals surface area contributed by atoms with Crippen molar-refractivity contribution in [2.24, 2.45) is 0 Å². The van der Waals surface area contributed by atoms with Gasteiger partial charge in [-0.2, -0.15) is 0 Å². The predicted octanol–water partition coefficient (Wildman–Crippen LogP) is 3.21. The number of fused-ring (bicyclic) bond motifs is 1. The molecule has 0 aliphatic rings. The molecular weight excluding hydrogens is 308 g/mol. The molecule has 23 heavy (non-hydrogen) atoms. The number of para-hydroxylation sites is 2. The minimum Gasteiger partial charge on any atom is -0.358 e. The van der Waals surface area contributed by atoms with Crippen LogP contribution >= 0.6 is 11.8 Å². The van der Waals surface area contributed by atoms with Gasteiger partial charge >= 0.3 is 0 Å². The van der Waals surface area contributed by atoms with E-state index in [1.165, 1.54) is 11.8 Å². The first-order valence-corrected chi connectivity index (χ1v) is 8.17. The molecule has 0 saturated carbocycles. The molecule has 0 aliphatic carbocycles. The number of hydrogen-bond acceptors (Lipinski definition) is 5. The Morgan fingerprint density at radius 2 is 1.78 bits per heavy atom. The summed E-state index contributed by atoms with van der Waals surface area (Å²) in [4.78, 5) is 20.5. The fourth-order valence-corrected chi connectivity index (χ4v) is 2.80. The van der Waals surface area contributed by atoms with Gasteiger partial charge in [-0.25, -0.2) is 9.97 Å². The average molecular weight is 324 g/mol. The van der Waals surface area contributed by atoms with Crippen LogP contribution in [0.1, 0.15) is 0 Å². The van der Waals surface area contributed by atoms with Crippen molar-refractivity contribution < 1.29 is 4.79 Å². The van der Waals surface area contributed by atoms with Crippen LogP contribution in [0.5, 0.6) is 0 Å². The lowest BCUT2D eigenvalue weighted by Crippen LogP contribution is -2.19. The molecule has 1 amide bonds. The van der Waals surface area contributed by atoms with Gasteiger partial charge in [-0.15, -0.1) is 0 Å². The zero-order valence-electron chi connectivity index (χ0n) is 12.6. The van der Waals surface area contributed by atoms with Crippen molar-refractivity contribution in [2.75, 3.05) is 18.1 Å². The van der Waals surface area contributed by atoms with E-state index in [-0.39, 0.29) is 5.91 Å². The number of nitrogens with zero attached hydrogens (tertiary/aromatic N) is 2. The second-order valence-corrected chi connectivity index (χ2v) is 5.77. The van der Waals surface area contributed by atoms with Gasteiger partial charge in [-0.05, 0) is 24.3 Å². The van der Waals surface area contributed by atoms with Crippen molar-refractivity contribution in [3.8, 4) is 0 Å². The number of carbonyl (C=O) groups is 1. The molecule has 116 valence electrons. The Balaban J connectivity index is 1.95. The van der Waals surface area contributed by atoms with Crippen LogP contribution in [0.4, 0.5) is 11.5 Å². The highest BCUT2D eigenvalue weighted by Crippen LogP contribution is 2.26. The molecule has 3 aromatic rings. The number of carbonyl (C=O) groups excluding carboxylic acids is 1. The fraction of sp³-hybridized carbons (Fsp3) is 0.118. The predicted molar refractivity (Wildman–Crippen MR) is 94.1 cm³/mol. The van der Waals surface area contributed by atoms with Crippen LogP contribution in [-0.2, 0) is 4.79 Å². The second-order valence-electron chi connectivity index (χ2n) is 4.82. The SMILES string of the molecule is CNC(=O)CSc1nc(Nc2ccccc2)c2ccccc2n1. The third-order valence-electron chi connectivity index (χ3n) is 3.23. The van der Waals surface area contributed by atoms with Gasteiger partial charge in [0.1, 0.15) is 5.82 Å². The van der Waals surface area contributed by atoms with E-state index in [1.54, 1.807) is 7.05 Å². The Kier molecular flexibility index (Phi) is 4.73. The minimum atomic E-state index is -0.0515. The summed E-state index contributed by atoms with van der Waals surface area (Å²) in [7, 11) is 1.62. The quantitative estimate of drug-likeness (QED) is 0.557. The molecule has 0 aliphatic heterocycles. The highest BCUT2D eigenvalue weighted by molar-refractivity contribution is 7.99. The van der Waals surface area contributed by atoms with Crippen molar-refractivity contribution in [1.29, 1.82) is 0 Å². The van der Waals surface area contributed by atoms with E-state index in [9.17, 15) is 4.79 Å². The molecule has 6 heteroatoms. The number of hydrogen-bond donors (Lipinski definition) is 2. The highest BCUT2D eigenvalue weighted by Gasteiger charge is 2.09. The molecule has 2 aromatic carbocycles. The van der Waals surface area contributed by atoms with Crippen molar-refractivity contribution in [3.63, 3.8) is 0 Å². The smallest absolute Gasteiger partial charge is 0.230 e. The summed E-state index contributed by atoms with van der Waals surface area (Å²) in [6.45, 7) is 0. The van der Waals surface area contributed by atoms with E-state index in [1.807, 2.05) is 54.6 Å². The molecule has 2 N–H and O–H groups in total. The number of benzene rings is 2. The van der Waals surface area contributed by atoms with Crippen molar-refractivity contribution >= 4 is 40.1 Å². The van der Waals surface area contributed by atoms with Crippen LogP contribution in [0.15, 0.2) is 59.8 Å². The molecule has 0 saturated heterocycles. The maximum absolute atomic E-state index is 11.4. The van der Waals surface area contributed by atoms with Gasteiger partial charge in [0.05, 0.1) is 11.3 Å². The van der Waals surface area contributed by atoms with Gasteiger partial charge in [0, 0.05) is 18.1 Å². The molecule has 0 atom stereocenters. The Bertz CT molecular complexity index is 823. The topological polar surface area (TPSA) is 66.9 Å². The summed E-state index contributed by atoms with van der Waals surface area (Å²) in [6.07, 6.45) is 0. The number of rotatable bonds is 5. The van der Waals surface area contributed by atoms with Gasteiger partial charge in [-0.1, -0.05) is 42.1 Å². The number of aromatic nitrogens is 2. The van der Waals surface area contributed by atoms with Crippen LogP contribution < -0.4 is 10.6 Å². The van der Waals surface area contributed by atoms with Gasteiger partial charge in [0.15, 0.2) is 5.16 Å². The molecule has 0 fully saturated rings. The van der Waals surface area contributed by atoms with Crippen molar-refractivity contribution in [1.82, 2.24) is 15.3 Å². The van der Waals surface area contributed by atoms with E-state index in [0.29, 0.717) is 10.9 Å². The van der Waals surface area contributed by atoms with E-state index >= 15 is 0 Å². The van der Waals surface area contributed by atoms with Crippen molar-refractivity contribution in [3.05, 3.63) is 54.6 Å². The molecule has 0 bridgehead atoms. The van der Waals surface area contributed by atoms with Crippen LogP contribution in [0, 0.1) is 0 Å². The first kappa shape index (κ1) is 15.3. The van der Waals surface area contributed by atoms with Gasteiger partial charge in [0.2, 0.25) is 5.91 Å². The van der Waals surface area contributed by atoms with Crippen LogP contribution in [0.2, 0.25) is 0 Å². The van der Waals surface area contributed by atoms with E-state index in [4.69, 9.17) is 0 Å². The number of thioether (sulfide) groups is 1. The lowest BCUT2D eigenvalue weighted by Gasteiger charge is -2.10. The molecule has 0 radical (unpaired) electrons. The van der Waals surface area contributed by atoms with Gasteiger partial charge in [0.25, 0.3) is 0 Å². The number of anilines is 2. The van der Waals surface area contributed by atoms with Crippen LogP contribution in [0.25, 0.3) is 10.9 Å². The molecule has 3 rings (SSSR count).